The zero-order chi connectivity index (χ0) is 23.8. The number of ketones is 1. The smallest absolute Gasteiger partial charge is 0.341 e. The number of esters is 1. The van der Waals surface area contributed by atoms with Gasteiger partial charge in [-0.2, -0.15) is 5.26 Å². The molecule has 172 valence electrons. The van der Waals surface area contributed by atoms with Crippen molar-refractivity contribution in [3.05, 3.63) is 53.7 Å². The van der Waals surface area contributed by atoms with Gasteiger partial charge >= 0.3 is 5.97 Å². The molecule has 0 radical (unpaired) electrons. The number of nitriles is 1. The summed E-state index contributed by atoms with van der Waals surface area (Å²) in [6.07, 6.45) is 2.83. The lowest BCUT2D eigenvalue weighted by Gasteiger charge is -2.13. The Bertz CT molecular complexity index is 1190. The van der Waals surface area contributed by atoms with Crippen molar-refractivity contribution in [1.82, 2.24) is 4.57 Å². The second-order valence-electron chi connectivity index (χ2n) is 7.31. The van der Waals surface area contributed by atoms with E-state index in [1.165, 1.54) is 7.11 Å². The van der Waals surface area contributed by atoms with Gasteiger partial charge in [0.15, 0.2) is 6.79 Å². The summed E-state index contributed by atoms with van der Waals surface area (Å²) in [4.78, 5) is 23.4. The first-order valence-electron chi connectivity index (χ1n) is 10.6. The molecule has 1 heterocycles. The fraction of sp³-hybridized carbons (Fsp3) is 0.320. The second-order valence-corrected chi connectivity index (χ2v) is 7.31. The van der Waals surface area contributed by atoms with Crippen LogP contribution in [0.15, 0.2) is 42.6 Å². The Labute approximate surface area is 192 Å². The van der Waals surface area contributed by atoms with Crippen LogP contribution in [-0.4, -0.2) is 43.4 Å². The van der Waals surface area contributed by atoms with Gasteiger partial charge in [0.1, 0.15) is 28.9 Å². The molecule has 0 atom stereocenters. The number of hydrogen-bond donors (Lipinski definition) is 0. The first-order chi connectivity index (χ1) is 16.0. The minimum Gasteiger partial charge on any atom is -0.494 e. The second kappa shape index (κ2) is 11.2. The number of fused-ring (bicyclic) bond motifs is 1. The van der Waals surface area contributed by atoms with Gasteiger partial charge in [0.25, 0.3) is 0 Å². The van der Waals surface area contributed by atoms with Gasteiger partial charge in [0.05, 0.1) is 24.3 Å². The van der Waals surface area contributed by atoms with Gasteiger partial charge in [-0.05, 0) is 50.6 Å². The maximum absolute atomic E-state index is 12.3. The molecule has 33 heavy (non-hydrogen) atoms. The lowest BCUT2D eigenvalue weighted by molar-refractivity contribution is -0.117. The van der Waals surface area contributed by atoms with Crippen molar-refractivity contribution in [3.8, 4) is 23.3 Å². The molecule has 2 aromatic carbocycles. The molecule has 1 aromatic heterocycles. The van der Waals surface area contributed by atoms with E-state index in [-0.39, 0.29) is 24.7 Å². The van der Waals surface area contributed by atoms with E-state index < -0.39 is 5.97 Å². The van der Waals surface area contributed by atoms with Crippen LogP contribution in [0.2, 0.25) is 0 Å². The Kier molecular flexibility index (Phi) is 8.06. The Morgan fingerprint density at radius 1 is 1.12 bits per heavy atom. The summed E-state index contributed by atoms with van der Waals surface area (Å²) in [7, 11) is 1.49. The summed E-state index contributed by atoms with van der Waals surface area (Å²) >= 11 is 0. The lowest BCUT2D eigenvalue weighted by atomic mass is 10.1. The molecule has 8 nitrogen and oxygen atoms in total. The molecule has 0 saturated carbocycles. The Morgan fingerprint density at radius 2 is 1.94 bits per heavy atom. The summed E-state index contributed by atoms with van der Waals surface area (Å²) < 4.78 is 23.3. The van der Waals surface area contributed by atoms with E-state index in [2.05, 4.69) is 6.07 Å². The molecule has 0 spiro atoms. The average molecular weight is 450 g/mol. The molecular formula is C25H26N2O6. The third-order valence-corrected chi connectivity index (χ3v) is 4.91. The Morgan fingerprint density at radius 3 is 2.64 bits per heavy atom. The van der Waals surface area contributed by atoms with Gasteiger partial charge in [-0.15, -0.1) is 0 Å². The topological polar surface area (TPSA) is 99.8 Å². The van der Waals surface area contributed by atoms with Gasteiger partial charge in [-0.3, -0.25) is 0 Å². The normalized spacial score (nSPS) is 10.6. The SMILES string of the molecule is CCOC(=O)c1ccc(-n2cc(C#N)c3cc(OCCCC(C)=O)ccc32)cc1OCOC. The molecular weight excluding hydrogens is 424 g/mol. The summed E-state index contributed by atoms with van der Waals surface area (Å²) in [5.41, 5.74) is 2.27. The van der Waals surface area contributed by atoms with Crippen molar-refractivity contribution >= 4 is 22.7 Å². The predicted molar refractivity (Wildman–Crippen MR) is 122 cm³/mol. The van der Waals surface area contributed by atoms with Gasteiger partial charge in [-0.25, -0.2) is 4.79 Å². The van der Waals surface area contributed by atoms with Crippen molar-refractivity contribution in [2.45, 2.75) is 26.7 Å². The fourth-order valence-corrected chi connectivity index (χ4v) is 3.39. The molecule has 0 N–H and O–H groups in total. The number of rotatable bonds is 11. The van der Waals surface area contributed by atoms with E-state index in [0.29, 0.717) is 42.2 Å². The summed E-state index contributed by atoms with van der Waals surface area (Å²) in [5.74, 6) is 0.582. The molecule has 0 bridgehead atoms. The van der Waals surface area contributed by atoms with E-state index in [1.54, 1.807) is 38.2 Å². The van der Waals surface area contributed by atoms with Crippen LogP contribution in [0.4, 0.5) is 0 Å². The Hall–Kier alpha value is -3.83. The van der Waals surface area contributed by atoms with Crippen molar-refractivity contribution in [2.75, 3.05) is 27.1 Å². The number of hydrogen-bond acceptors (Lipinski definition) is 7. The van der Waals surface area contributed by atoms with Crippen LogP contribution in [0.5, 0.6) is 11.5 Å². The molecule has 0 unspecified atom stereocenters. The van der Waals surface area contributed by atoms with Crippen LogP contribution in [0.1, 0.15) is 42.6 Å². The molecule has 8 heteroatoms. The highest BCUT2D eigenvalue weighted by molar-refractivity contribution is 5.93. The standard InChI is InChI=1S/C25H26N2O6/c1-4-31-25(29)21-9-7-19(12-24(21)33-16-30-3)27-15-18(14-26)22-13-20(8-10-23(22)27)32-11-5-6-17(2)28/h7-10,12-13,15H,4-6,11,16H2,1-3H3. The van der Waals surface area contributed by atoms with Gasteiger partial charge in [0.2, 0.25) is 0 Å². The van der Waals surface area contributed by atoms with E-state index in [4.69, 9.17) is 18.9 Å². The number of benzene rings is 2. The highest BCUT2D eigenvalue weighted by Crippen LogP contribution is 2.31. The van der Waals surface area contributed by atoms with Crippen LogP contribution in [0, 0.1) is 11.3 Å². The minimum absolute atomic E-state index is 0.0317. The Balaban J connectivity index is 1.96. The molecule has 0 fully saturated rings. The van der Waals surface area contributed by atoms with Gasteiger partial charge in [0, 0.05) is 36.9 Å². The highest BCUT2D eigenvalue weighted by Gasteiger charge is 2.17. The highest BCUT2D eigenvalue weighted by atomic mass is 16.7. The third kappa shape index (κ3) is 5.70. The maximum atomic E-state index is 12.3. The third-order valence-electron chi connectivity index (χ3n) is 4.91. The number of aromatic nitrogens is 1. The number of carbonyl (C=O) groups is 2. The predicted octanol–water partition coefficient (Wildman–Crippen LogP) is 4.41. The molecule has 0 aliphatic rings. The monoisotopic (exact) mass is 450 g/mol. The van der Waals surface area contributed by atoms with Gasteiger partial charge in [-0.1, -0.05) is 0 Å². The van der Waals surface area contributed by atoms with Crippen molar-refractivity contribution in [1.29, 1.82) is 5.26 Å². The number of nitrogens with zero attached hydrogens (tertiary/aromatic N) is 2. The summed E-state index contributed by atoms with van der Waals surface area (Å²) in [6.45, 7) is 3.92. The molecule has 3 aromatic rings. The molecule has 0 aliphatic carbocycles. The largest absolute Gasteiger partial charge is 0.494 e. The van der Waals surface area contributed by atoms with E-state index >= 15 is 0 Å². The first-order valence-corrected chi connectivity index (χ1v) is 10.6. The van der Waals surface area contributed by atoms with Crippen LogP contribution < -0.4 is 9.47 Å². The number of carbonyl (C=O) groups excluding carboxylic acids is 2. The zero-order valence-electron chi connectivity index (χ0n) is 18.9. The summed E-state index contributed by atoms with van der Waals surface area (Å²) in [5, 5.41) is 10.4. The van der Waals surface area contributed by atoms with E-state index in [9.17, 15) is 14.9 Å². The van der Waals surface area contributed by atoms with E-state index in [0.717, 1.165) is 10.9 Å². The van der Waals surface area contributed by atoms with Crippen molar-refractivity contribution in [2.24, 2.45) is 0 Å². The van der Waals surface area contributed by atoms with E-state index in [1.807, 2.05) is 22.8 Å². The van der Waals surface area contributed by atoms with Crippen LogP contribution in [-0.2, 0) is 14.3 Å². The summed E-state index contributed by atoms with van der Waals surface area (Å²) in [6, 6.07) is 12.8. The average Bonchev–Trinajstić information content (AvgIpc) is 3.18. The quantitative estimate of drug-likeness (QED) is 0.242. The van der Waals surface area contributed by atoms with Crippen LogP contribution >= 0.6 is 0 Å². The number of methoxy groups -OCH3 is 1. The van der Waals surface area contributed by atoms with Crippen molar-refractivity contribution < 1.29 is 28.5 Å². The van der Waals surface area contributed by atoms with Crippen molar-refractivity contribution in [3.63, 3.8) is 0 Å². The fourth-order valence-electron chi connectivity index (χ4n) is 3.39. The molecule has 0 saturated heterocycles. The minimum atomic E-state index is -0.489. The molecule has 0 aliphatic heterocycles. The number of Topliss-reactive ketones (excluding diaryl/α,β-unsaturated/α-hetero) is 1. The van der Waals surface area contributed by atoms with Gasteiger partial charge < -0.3 is 28.3 Å². The zero-order valence-corrected chi connectivity index (χ0v) is 18.9. The number of ether oxygens (including phenoxy) is 4. The van der Waals surface area contributed by atoms with Crippen LogP contribution in [0.25, 0.3) is 16.6 Å². The molecule has 3 rings (SSSR count). The van der Waals surface area contributed by atoms with Crippen LogP contribution in [0.3, 0.4) is 0 Å². The lowest BCUT2D eigenvalue weighted by Crippen LogP contribution is -2.10. The molecule has 0 amide bonds. The maximum Gasteiger partial charge on any atom is 0.341 e. The first kappa shape index (κ1) is 23.8.